The van der Waals surface area contributed by atoms with E-state index in [4.69, 9.17) is 18.0 Å². The molecule has 0 atom stereocenters. The fraction of sp³-hybridized carbons (Fsp3) is 0.167. The van der Waals surface area contributed by atoms with Crippen molar-refractivity contribution in [2.45, 2.75) is 13.3 Å². The van der Waals surface area contributed by atoms with Gasteiger partial charge in [-0.05, 0) is 18.2 Å². The summed E-state index contributed by atoms with van der Waals surface area (Å²) < 4.78 is 3.00. The lowest BCUT2D eigenvalue weighted by molar-refractivity contribution is 0.889. The second-order valence-electron chi connectivity index (χ2n) is 3.59. The Hall–Kier alpha value is -1.20. The summed E-state index contributed by atoms with van der Waals surface area (Å²) in [5, 5.41) is 0. The number of imidazole rings is 1. The Kier molecular flexibility index (Phi) is 3.59. The van der Waals surface area contributed by atoms with Crippen molar-refractivity contribution in [3.05, 3.63) is 46.5 Å². The number of benzene rings is 1. The van der Waals surface area contributed by atoms with E-state index in [2.05, 4.69) is 27.8 Å². The molecular weight excluding hydrogens is 298 g/mol. The van der Waals surface area contributed by atoms with Crippen LogP contribution in [0.2, 0.25) is 0 Å². The quantitative estimate of drug-likeness (QED) is 0.887. The molecule has 0 bridgehead atoms. The van der Waals surface area contributed by atoms with Crippen molar-refractivity contribution in [3.8, 4) is 5.69 Å². The molecule has 2 aromatic rings. The van der Waals surface area contributed by atoms with Gasteiger partial charge >= 0.3 is 0 Å². The third-order valence-corrected chi connectivity index (χ3v) is 3.23. The molecule has 0 saturated carbocycles. The van der Waals surface area contributed by atoms with Crippen LogP contribution in [0.1, 0.15) is 18.3 Å². The van der Waals surface area contributed by atoms with E-state index in [1.54, 1.807) is 6.20 Å². The van der Waals surface area contributed by atoms with Gasteiger partial charge in [0.25, 0.3) is 0 Å². The molecule has 1 aromatic carbocycles. The molecule has 88 valence electrons. The summed E-state index contributed by atoms with van der Waals surface area (Å²) in [5.74, 6) is 0.987. The van der Waals surface area contributed by atoms with Gasteiger partial charge in [0, 0.05) is 28.9 Å². The summed E-state index contributed by atoms with van der Waals surface area (Å²) in [5.41, 5.74) is 7.56. The zero-order valence-corrected chi connectivity index (χ0v) is 11.8. The van der Waals surface area contributed by atoms with Crippen LogP contribution in [0.3, 0.4) is 0 Å². The highest BCUT2D eigenvalue weighted by atomic mass is 79.9. The number of rotatable bonds is 3. The Morgan fingerprint density at radius 2 is 2.29 bits per heavy atom. The zero-order chi connectivity index (χ0) is 12.4. The van der Waals surface area contributed by atoms with Crippen molar-refractivity contribution >= 4 is 33.1 Å². The fourth-order valence-corrected chi connectivity index (χ4v) is 2.25. The molecule has 2 N–H and O–H groups in total. The maximum atomic E-state index is 5.74. The monoisotopic (exact) mass is 309 g/mol. The Morgan fingerprint density at radius 3 is 2.94 bits per heavy atom. The molecule has 0 aliphatic carbocycles. The van der Waals surface area contributed by atoms with E-state index >= 15 is 0 Å². The number of thiocarbonyl (C=S) groups is 1. The van der Waals surface area contributed by atoms with Gasteiger partial charge in [0.1, 0.15) is 10.8 Å². The first-order valence-electron chi connectivity index (χ1n) is 5.25. The minimum Gasteiger partial charge on any atom is -0.389 e. The second-order valence-corrected chi connectivity index (χ2v) is 4.95. The van der Waals surface area contributed by atoms with Crippen LogP contribution in [0.15, 0.2) is 35.1 Å². The van der Waals surface area contributed by atoms with Crippen LogP contribution in [0, 0.1) is 0 Å². The highest BCUT2D eigenvalue weighted by Crippen LogP contribution is 2.22. The molecular formula is C12H12BrN3S. The third-order valence-electron chi connectivity index (χ3n) is 2.52. The maximum Gasteiger partial charge on any atom is 0.112 e. The van der Waals surface area contributed by atoms with Gasteiger partial charge in [-0.25, -0.2) is 4.98 Å². The Balaban J connectivity index is 2.65. The van der Waals surface area contributed by atoms with E-state index in [0.29, 0.717) is 4.99 Å². The SMILES string of the molecule is CCc1nccn1-c1cc(Br)ccc1C(N)=S. The smallest absolute Gasteiger partial charge is 0.112 e. The summed E-state index contributed by atoms with van der Waals surface area (Å²) >= 11 is 8.53. The van der Waals surface area contributed by atoms with E-state index < -0.39 is 0 Å². The molecule has 2 rings (SSSR count). The summed E-state index contributed by atoms with van der Waals surface area (Å²) in [6.45, 7) is 2.07. The summed E-state index contributed by atoms with van der Waals surface area (Å²) in [6.07, 6.45) is 4.56. The molecule has 0 radical (unpaired) electrons. The molecule has 17 heavy (non-hydrogen) atoms. The van der Waals surface area contributed by atoms with Crippen LogP contribution in [0.25, 0.3) is 5.69 Å². The zero-order valence-electron chi connectivity index (χ0n) is 9.35. The average molecular weight is 310 g/mol. The van der Waals surface area contributed by atoms with Gasteiger partial charge in [-0.2, -0.15) is 0 Å². The lowest BCUT2D eigenvalue weighted by atomic mass is 10.1. The van der Waals surface area contributed by atoms with Gasteiger partial charge in [-0.1, -0.05) is 35.1 Å². The van der Waals surface area contributed by atoms with E-state index in [1.807, 2.05) is 29.0 Å². The molecule has 5 heteroatoms. The molecule has 0 saturated heterocycles. The lowest BCUT2D eigenvalue weighted by Crippen LogP contribution is -2.14. The van der Waals surface area contributed by atoms with Crippen LogP contribution in [-0.2, 0) is 6.42 Å². The van der Waals surface area contributed by atoms with Crippen LogP contribution in [-0.4, -0.2) is 14.5 Å². The highest BCUT2D eigenvalue weighted by molar-refractivity contribution is 9.10. The van der Waals surface area contributed by atoms with E-state index in [9.17, 15) is 0 Å². The fourth-order valence-electron chi connectivity index (χ4n) is 1.73. The number of nitrogens with two attached hydrogens (primary N) is 1. The largest absolute Gasteiger partial charge is 0.389 e. The maximum absolute atomic E-state index is 5.74. The van der Waals surface area contributed by atoms with Crippen molar-refractivity contribution in [1.82, 2.24) is 9.55 Å². The normalized spacial score (nSPS) is 10.5. The first kappa shape index (κ1) is 12.3. The van der Waals surface area contributed by atoms with E-state index in [1.165, 1.54) is 0 Å². The lowest BCUT2D eigenvalue weighted by Gasteiger charge is -2.12. The number of aromatic nitrogens is 2. The van der Waals surface area contributed by atoms with Gasteiger partial charge in [0.2, 0.25) is 0 Å². The van der Waals surface area contributed by atoms with Crippen molar-refractivity contribution < 1.29 is 0 Å². The number of hydrogen-bond donors (Lipinski definition) is 1. The number of halogens is 1. The molecule has 1 heterocycles. The standard InChI is InChI=1S/C12H12BrN3S/c1-2-11-15-5-6-16(11)10-7-8(13)3-4-9(10)12(14)17/h3-7H,2H2,1H3,(H2,14,17). The van der Waals surface area contributed by atoms with Gasteiger partial charge in [-0.3, -0.25) is 0 Å². The van der Waals surface area contributed by atoms with Gasteiger partial charge in [-0.15, -0.1) is 0 Å². The summed E-state index contributed by atoms with van der Waals surface area (Å²) in [7, 11) is 0. The predicted octanol–water partition coefficient (Wildman–Crippen LogP) is 2.83. The minimum absolute atomic E-state index is 0.392. The van der Waals surface area contributed by atoms with Crippen molar-refractivity contribution in [1.29, 1.82) is 0 Å². The number of aryl methyl sites for hydroxylation is 1. The second kappa shape index (κ2) is 4.98. The topological polar surface area (TPSA) is 43.8 Å². The van der Waals surface area contributed by atoms with E-state index in [0.717, 1.165) is 28.0 Å². The molecule has 0 aliphatic heterocycles. The molecule has 0 spiro atoms. The first-order valence-corrected chi connectivity index (χ1v) is 6.45. The molecule has 0 amide bonds. The molecule has 3 nitrogen and oxygen atoms in total. The molecule has 0 fully saturated rings. The van der Waals surface area contributed by atoms with Gasteiger partial charge in [0.05, 0.1) is 5.69 Å². The summed E-state index contributed by atoms with van der Waals surface area (Å²) in [4.78, 5) is 4.70. The minimum atomic E-state index is 0.392. The first-order chi connectivity index (χ1) is 8.13. The third kappa shape index (κ3) is 2.40. The Labute approximate surface area is 114 Å². The van der Waals surface area contributed by atoms with Crippen LogP contribution in [0.5, 0.6) is 0 Å². The Bertz CT molecular complexity index is 563. The average Bonchev–Trinajstić information content (AvgIpc) is 2.76. The van der Waals surface area contributed by atoms with Crippen LogP contribution in [0.4, 0.5) is 0 Å². The number of hydrogen-bond acceptors (Lipinski definition) is 2. The summed E-state index contributed by atoms with van der Waals surface area (Å²) in [6, 6.07) is 5.84. The van der Waals surface area contributed by atoms with Gasteiger partial charge < -0.3 is 10.3 Å². The van der Waals surface area contributed by atoms with Crippen molar-refractivity contribution in [3.63, 3.8) is 0 Å². The van der Waals surface area contributed by atoms with Crippen molar-refractivity contribution in [2.24, 2.45) is 5.73 Å². The molecule has 0 aliphatic rings. The Morgan fingerprint density at radius 1 is 1.53 bits per heavy atom. The van der Waals surface area contributed by atoms with Crippen LogP contribution >= 0.6 is 28.1 Å². The van der Waals surface area contributed by atoms with Crippen molar-refractivity contribution in [2.75, 3.05) is 0 Å². The van der Waals surface area contributed by atoms with Crippen LogP contribution < -0.4 is 5.73 Å². The molecule has 1 aromatic heterocycles. The number of nitrogens with zero attached hydrogens (tertiary/aromatic N) is 2. The van der Waals surface area contributed by atoms with E-state index in [-0.39, 0.29) is 0 Å². The molecule has 0 unspecified atom stereocenters. The predicted molar refractivity (Wildman–Crippen MR) is 76.5 cm³/mol. The van der Waals surface area contributed by atoms with Gasteiger partial charge in [0.15, 0.2) is 0 Å². The highest BCUT2D eigenvalue weighted by Gasteiger charge is 2.10.